The number of carbonyl (C=O) groups excluding carboxylic acids is 2. The van der Waals surface area contributed by atoms with Crippen LogP contribution in [-0.2, 0) is 20.9 Å². The van der Waals surface area contributed by atoms with Crippen molar-refractivity contribution in [2.75, 3.05) is 6.54 Å². The van der Waals surface area contributed by atoms with E-state index in [0.29, 0.717) is 17.9 Å². The van der Waals surface area contributed by atoms with Gasteiger partial charge in [-0.15, -0.1) is 0 Å². The maximum atomic E-state index is 11.2. The number of hydrogen-bond donors (Lipinski definition) is 0. The normalized spacial score (nSPS) is 10.4. The summed E-state index contributed by atoms with van der Waals surface area (Å²) in [5.41, 5.74) is 1.31. The molecule has 0 saturated heterocycles. The maximum absolute atomic E-state index is 11.2. The third-order valence-corrected chi connectivity index (χ3v) is 3.55. The number of allylic oxidation sites excluding steroid dienone is 2. The fourth-order valence-electron chi connectivity index (χ4n) is 2.10. The SMILES string of the molecule is C=C(C(C)=NCCCn1ccnc1)/C(=C\C#CCC)OC(C)=O.CC.CCCC(C)=O. The average Bonchev–Trinajstić information content (AvgIpc) is 3.25. The van der Waals surface area contributed by atoms with Gasteiger partial charge in [0.25, 0.3) is 0 Å². The Balaban J connectivity index is 0. The average molecular weight is 430 g/mol. The summed E-state index contributed by atoms with van der Waals surface area (Å²) in [6.45, 7) is 18.3. The van der Waals surface area contributed by atoms with Crippen molar-refractivity contribution in [1.29, 1.82) is 0 Å². The van der Waals surface area contributed by atoms with Crippen molar-refractivity contribution in [3.63, 3.8) is 0 Å². The van der Waals surface area contributed by atoms with E-state index < -0.39 is 5.97 Å². The zero-order chi connectivity index (χ0) is 24.1. The van der Waals surface area contributed by atoms with E-state index in [2.05, 4.69) is 28.4 Å². The summed E-state index contributed by atoms with van der Waals surface area (Å²) in [4.78, 5) is 29.7. The van der Waals surface area contributed by atoms with Gasteiger partial charge in [-0.1, -0.05) is 46.1 Å². The van der Waals surface area contributed by atoms with Crippen LogP contribution in [0, 0.1) is 11.8 Å². The Morgan fingerprint density at radius 3 is 2.35 bits per heavy atom. The molecule has 172 valence electrons. The molecule has 0 saturated carbocycles. The van der Waals surface area contributed by atoms with Gasteiger partial charge < -0.3 is 14.1 Å². The third kappa shape index (κ3) is 17.6. The lowest BCUT2D eigenvalue weighted by atomic mass is 10.1. The van der Waals surface area contributed by atoms with Crippen molar-refractivity contribution in [3.05, 3.63) is 42.7 Å². The molecule has 0 aliphatic heterocycles. The van der Waals surface area contributed by atoms with Gasteiger partial charge in [-0.05, 0) is 26.7 Å². The summed E-state index contributed by atoms with van der Waals surface area (Å²) in [6, 6.07) is 0. The number of aryl methyl sites for hydroxylation is 1. The molecule has 1 aromatic heterocycles. The van der Waals surface area contributed by atoms with Crippen LogP contribution in [0.2, 0.25) is 0 Å². The zero-order valence-corrected chi connectivity index (χ0v) is 20.3. The minimum Gasteiger partial charge on any atom is -0.425 e. The van der Waals surface area contributed by atoms with E-state index >= 15 is 0 Å². The van der Waals surface area contributed by atoms with Crippen molar-refractivity contribution in [1.82, 2.24) is 9.55 Å². The smallest absolute Gasteiger partial charge is 0.308 e. The van der Waals surface area contributed by atoms with E-state index in [-0.39, 0.29) is 5.78 Å². The van der Waals surface area contributed by atoms with Gasteiger partial charge in [0, 0.05) is 62.6 Å². The molecule has 6 heteroatoms. The number of nitrogens with zero attached hydrogens (tertiary/aromatic N) is 3. The van der Waals surface area contributed by atoms with Crippen LogP contribution in [0.5, 0.6) is 0 Å². The predicted molar refractivity (Wildman–Crippen MR) is 129 cm³/mol. The quantitative estimate of drug-likeness (QED) is 0.129. The summed E-state index contributed by atoms with van der Waals surface area (Å²) in [5, 5.41) is 0. The highest BCUT2D eigenvalue weighted by molar-refractivity contribution is 6.01. The molecule has 0 bridgehead atoms. The van der Waals surface area contributed by atoms with Crippen LogP contribution in [-0.4, -0.2) is 33.6 Å². The first kappa shape index (κ1) is 30.3. The predicted octanol–water partition coefficient (Wildman–Crippen LogP) is 5.55. The molecule has 31 heavy (non-hydrogen) atoms. The van der Waals surface area contributed by atoms with Crippen molar-refractivity contribution in [2.45, 2.75) is 80.7 Å². The number of ether oxygens (including phenoxy) is 1. The van der Waals surface area contributed by atoms with Crippen LogP contribution >= 0.6 is 0 Å². The monoisotopic (exact) mass is 429 g/mol. The molecule has 1 aromatic rings. The Labute approximate surface area is 188 Å². The number of Topliss-reactive ketones (excluding diaryl/α,β-unsaturated/α-hetero) is 1. The highest BCUT2D eigenvalue weighted by atomic mass is 16.5. The van der Waals surface area contributed by atoms with Crippen LogP contribution < -0.4 is 0 Å². The standard InChI is InChI=1S/C18H23N3O2.C5H10O.C2H6/c1-5-6-7-9-18(23-17(4)22)15(2)16(3)20-10-8-12-21-13-11-19-14-21;1-3-4-5(2)6;1-2/h9,11,13-14H,2,5,8,10,12H2,1,3-4H3;3-4H2,1-2H3;1-2H3/b18-9+,20-16?;;. The summed E-state index contributed by atoms with van der Waals surface area (Å²) < 4.78 is 7.18. The van der Waals surface area contributed by atoms with Crippen molar-refractivity contribution >= 4 is 17.5 Å². The first-order chi connectivity index (χ1) is 14.8. The summed E-state index contributed by atoms with van der Waals surface area (Å²) in [5.74, 6) is 6.00. The molecule has 6 nitrogen and oxygen atoms in total. The van der Waals surface area contributed by atoms with E-state index in [1.807, 2.05) is 45.4 Å². The zero-order valence-electron chi connectivity index (χ0n) is 20.3. The van der Waals surface area contributed by atoms with Gasteiger partial charge in [-0.3, -0.25) is 9.79 Å². The number of ketones is 1. The number of carbonyl (C=O) groups is 2. The molecule has 0 aromatic carbocycles. The largest absolute Gasteiger partial charge is 0.425 e. The Morgan fingerprint density at radius 1 is 1.23 bits per heavy atom. The van der Waals surface area contributed by atoms with Crippen molar-refractivity contribution < 1.29 is 14.3 Å². The molecule has 0 radical (unpaired) electrons. The lowest BCUT2D eigenvalue weighted by Crippen LogP contribution is -2.07. The number of hydrogen-bond acceptors (Lipinski definition) is 5. The van der Waals surface area contributed by atoms with Crippen LogP contribution in [0.1, 0.15) is 74.1 Å². The fraction of sp³-hybridized carbons (Fsp3) is 0.520. The molecule has 0 spiro atoms. The van der Waals surface area contributed by atoms with Gasteiger partial charge in [0.1, 0.15) is 11.5 Å². The van der Waals surface area contributed by atoms with Crippen molar-refractivity contribution in [3.8, 4) is 11.8 Å². The Kier molecular flexibility index (Phi) is 19.8. The highest BCUT2D eigenvalue weighted by Crippen LogP contribution is 2.12. The molecular weight excluding hydrogens is 390 g/mol. The van der Waals surface area contributed by atoms with E-state index in [9.17, 15) is 9.59 Å². The molecule has 1 heterocycles. The lowest BCUT2D eigenvalue weighted by Gasteiger charge is -2.09. The summed E-state index contributed by atoms with van der Waals surface area (Å²) in [6.07, 6.45) is 10.4. The highest BCUT2D eigenvalue weighted by Gasteiger charge is 2.09. The van der Waals surface area contributed by atoms with Crippen LogP contribution in [0.15, 0.2) is 47.7 Å². The maximum Gasteiger partial charge on any atom is 0.308 e. The van der Waals surface area contributed by atoms with Gasteiger partial charge in [-0.2, -0.15) is 0 Å². The molecule has 0 atom stereocenters. The van der Waals surface area contributed by atoms with Gasteiger partial charge >= 0.3 is 5.97 Å². The van der Waals surface area contributed by atoms with Crippen molar-refractivity contribution in [2.24, 2.45) is 4.99 Å². The number of rotatable bonds is 9. The van der Waals surface area contributed by atoms with Crippen LogP contribution in [0.4, 0.5) is 0 Å². The number of esters is 1. The number of aromatic nitrogens is 2. The van der Waals surface area contributed by atoms with E-state index in [4.69, 9.17) is 4.74 Å². The van der Waals surface area contributed by atoms with Crippen LogP contribution in [0.3, 0.4) is 0 Å². The molecule has 0 N–H and O–H groups in total. The van der Waals surface area contributed by atoms with Gasteiger partial charge in [0.2, 0.25) is 0 Å². The second kappa shape index (κ2) is 20.3. The molecule has 0 aliphatic carbocycles. The van der Waals surface area contributed by atoms with Crippen LogP contribution in [0.25, 0.3) is 0 Å². The number of imidazole rings is 1. The van der Waals surface area contributed by atoms with E-state index in [1.54, 1.807) is 25.5 Å². The fourth-order valence-corrected chi connectivity index (χ4v) is 2.10. The first-order valence-electron chi connectivity index (χ1n) is 10.8. The van der Waals surface area contributed by atoms with E-state index in [0.717, 1.165) is 37.9 Å². The molecule has 0 fully saturated rings. The molecule has 0 aliphatic rings. The van der Waals surface area contributed by atoms with Gasteiger partial charge in [-0.25, -0.2) is 4.98 Å². The minimum atomic E-state index is -0.399. The first-order valence-corrected chi connectivity index (χ1v) is 10.8. The Hall–Kier alpha value is -2.94. The Bertz CT molecular complexity index is 764. The van der Waals surface area contributed by atoms with Gasteiger partial charge in [0.05, 0.1) is 6.33 Å². The molecule has 0 amide bonds. The lowest BCUT2D eigenvalue weighted by molar-refractivity contribution is -0.136. The third-order valence-electron chi connectivity index (χ3n) is 3.55. The topological polar surface area (TPSA) is 73.5 Å². The molecule has 0 unspecified atom stereocenters. The number of aliphatic imine (C=N–C) groups is 1. The second-order valence-electron chi connectivity index (χ2n) is 6.33. The van der Waals surface area contributed by atoms with Gasteiger partial charge in [0.15, 0.2) is 0 Å². The summed E-state index contributed by atoms with van der Waals surface area (Å²) >= 11 is 0. The minimum absolute atomic E-state index is 0.289. The van der Waals surface area contributed by atoms with E-state index in [1.165, 1.54) is 6.92 Å². The molecular formula is C25H39N3O3. The molecule has 1 rings (SSSR count). The Morgan fingerprint density at radius 2 is 1.90 bits per heavy atom. The second-order valence-corrected chi connectivity index (χ2v) is 6.33. The summed E-state index contributed by atoms with van der Waals surface area (Å²) in [7, 11) is 0.